The molecule has 0 unspecified atom stereocenters. The van der Waals surface area contributed by atoms with E-state index >= 15 is 0 Å². The standard InChI is InChI=1S/2C2H7O2PS2.2Mo.2O.2H2S/c2*1-3-5(6,7)4-2;;;;;;/h2*1-2H3,(H,6,7);;;;;2*1H2/q;;;+4;;;;/p-4. The fraction of sp³-hybridized carbons (Fsp3) is 1.00. The quantitative estimate of drug-likeness (QED) is 0.201. The van der Waals surface area contributed by atoms with Gasteiger partial charge in [-0.1, -0.05) is 0 Å². The molecule has 0 spiro atoms. The van der Waals surface area contributed by atoms with Crippen molar-refractivity contribution >= 4 is 88.2 Å². The summed E-state index contributed by atoms with van der Waals surface area (Å²) >= 11 is 19.9. The van der Waals surface area contributed by atoms with Crippen LogP contribution in [0.15, 0.2) is 0 Å². The predicted octanol–water partition coefficient (Wildman–Crippen LogP) is 1.32. The normalized spacial score (nSPS) is 8.90. The molecule has 0 rings (SSSR count). The van der Waals surface area contributed by atoms with Crippen LogP contribution in [0.2, 0.25) is 0 Å². The van der Waals surface area contributed by atoms with Crippen LogP contribution in [0.3, 0.4) is 0 Å². The van der Waals surface area contributed by atoms with Gasteiger partial charge in [0.2, 0.25) is 0 Å². The summed E-state index contributed by atoms with van der Waals surface area (Å²) in [5.41, 5.74) is 0. The summed E-state index contributed by atoms with van der Waals surface area (Å²) in [5.74, 6) is 0. The summed E-state index contributed by atoms with van der Waals surface area (Å²) < 4.78 is 34.9. The van der Waals surface area contributed by atoms with E-state index in [2.05, 4.69) is 67.1 Å². The SMILES string of the molecule is CO[P+]([S-])([S-])OC.CO[P+]([S-])([S-])OC.[O]=[Mo+4].[O]=[Mo].[SH-].[SH-]. The Labute approximate surface area is 179 Å². The Balaban J connectivity index is -0.0000000362. The molecule has 16 heteroatoms. The van der Waals surface area contributed by atoms with E-state index in [9.17, 15) is 0 Å². The van der Waals surface area contributed by atoms with Gasteiger partial charge in [-0.25, -0.2) is 0 Å². The van der Waals surface area contributed by atoms with Crippen molar-refractivity contribution in [2.75, 3.05) is 28.4 Å². The minimum absolute atomic E-state index is 0. The van der Waals surface area contributed by atoms with Crippen molar-refractivity contribution in [3.05, 3.63) is 0 Å². The van der Waals surface area contributed by atoms with E-state index in [1.165, 1.54) is 28.4 Å². The Morgan fingerprint density at radius 3 is 0.800 bits per heavy atom. The summed E-state index contributed by atoms with van der Waals surface area (Å²) in [6.07, 6.45) is -4.48. The Bertz CT molecular complexity index is 156. The largest absolute Gasteiger partial charge is 0.813 e. The molecule has 0 aliphatic carbocycles. The van der Waals surface area contributed by atoms with Crippen molar-refractivity contribution < 1.29 is 64.4 Å². The maximum Gasteiger partial charge on any atom is -0.813 e. The zero-order chi connectivity index (χ0) is 15.8. The van der Waals surface area contributed by atoms with Crippen molar-refractivity contribution in [3.63, 3.8) is 0 Å². The van der Waals surface area contributed by atoms with Crippen LogP contribution in [0.25, 0.3) is 0 Å². The zero-order valence-electron chi connectivity index (χ0n) is 10.7. The van der Waals surface area contributed by atoms with Crippen LogP contribution in [-0.4, -0.2) is 28.4 Å². The second-order valence-corrected chi connectivity index (χ2v) is 12.0. The molecule has 0 radical (unpaired) electrons. The molecule has 0 saturated heterocycles. The van der Waals surface area contributed by atoms with Crippen molar-refractivity contribution in [1.82, 2.24) is 0 Å². The van der Waals surface area contributed by atoms with Crippen molar-refractivity contribution in [1.29, 1.82) is 0 Å². The van der Waals surface area contributed by atoms with Gasteiger partial charge in [-0.3, -0.25) is 18.1 Å². The number of hydrogen-bond donors (Lipinski definition) is 0. The van der Waals surface area contributed by atoms with E-state index in [0.717, 1.165) is 0 Å². The molecule has 0 aromatic rings. The molecule has 6 nitrogen and oxygen atoms in total. The van der Waals surface area contributed by atoms with Crippen molar-refractivity contribution in [3.8, 4) is 0 Å². The summed E-state index contributed by atoms with van der Waals surface area (Å²) in [6, 6.07) is 0. The van der Waals surface area contributed by atoms with Gasteiger partial charge in [-0.05, 0) is 0 Å². The minimum Gasteiger partial charge on any atom is -0.813 e. The van der Waals surface area contributed by atoms with E-state index in [0.29, 0.717) is 39.6 Å². The molecular formula is C4H14Mo2O6P2S6. The first-order chi connectivity index (χ1) is 8.24. The molecule has 0 saturated carbocycles. The molecule has 0 aromatic heterocycles. The van der Waals surface area contributed by atoms with Crippen LogP contribution >= 0.6 is 12.2 Å². The molecule has 0 aromatic carbocycles. The van der Waals surface area contributed by atoms with E-state index in [4.69, 9.17) is 6.80 Å². The number of hydrogen-bond acceptors (Lipinski definition) is 12. The van der Waals surface area contributed by atoms with Crippen molar-refractivity contribution in [2.45, 2.75) is 0 Å². The van der Waals surface area contributed by atoms with E-state index in [-0.39, 0.29) is 27.0 Å². The summed E-state index contributed by atoms with van der Waals surface area (Å²) in [7, 11) is 5.82. The molecule has 0 bridgehead atoms. The zero-order valence-corrected chi connectivity index (χ0v) is 21.5. The molecule has 0 N–H and O–H groups in total. The topological polar surface area (TPSA) is 71.1 Å². The maximum atomic E-state index is 8.26. The Hall–Kier alpha value is 3.78. The average molecular weight is 604 g/mol. The third-order valence-electron chi connectivity index (χ3n) is 0.894. The third kappa shape index (κ3) is 37.8. The molecule has 0 atom stereocenters. The number of rotatable bonds is 4. The maximum absolute atomic E-state index is 8.26. The first-order valence-corrected chi connectivity index (χ1v) is 12.4. The fourth-order valence-electron chi connectivity index (χ4n) is 0.149. The van der Waals surface area contributed by atoms with Crippen molar-refractivity contribution in [2.24, 2.45) is 0 Å². The molecule has 124 valence electrons. The van der Waals surface area contributed by atoms with E-state index in [1.807, 2.05) is 0 Å². The molecule has 0 aliphatic rings. The summed E-state index contributed by atoms with van der Waals surface area (Å²) in [4.78, 5) is 0. The Morgan fingerprint density at radius 2 is 0.800 bits per heavy atom. The molecule has 0 aliphatic heterocycles. The van der Waals surface area contributed by atoms with Gasteiger partial charge < -0.3 is 76.0 Å². The summed E-state index contributed by atoms with van der Waals surface area (Å²) in [6.45, 7) is 0. The first kappa shape index (κ1) is 39.0. The van der Waals surface area contributed by atoms with Crippen LogP contribution in [0.1, 0.15) is 0 Å². The van der Waals surface area contributed by atoms with Gasteiger partial charge in [0, 0.05) is 12.2 Å². The fourth-order valence-corrected chi connectivity index (χ4v) is 0.447. The monoisotopic (exact) mass is 608 g/mol. The molecular weight excluding hydrogens is 590 g/mol. The second kappa shape index (κ2) is 27.6. The van der Waals surface area contributed by atoms with Crippen LogP contribution in [0, 0.1) is 0 Å². The first-order valence-electron chi connectivity index (χ1n) is 3.43. The molecule has 0 amide bonds. The van der Waals surface area contributed by atoms with Gasteiger partial charge in [-0.15, -0.1) is 0 Å². The van der Waals surface area contributed by atoms with E-state index < -0.39 is 12.2 Å². The molecule has 0 fully saturated rings. The van der Waals surface area contributed by atoms with Crippen LogP contribution in [0.4, 0.5) is 0 Å². The molecule has 0 heterocycles. The predicted molar refractivity (Wildman–Crippen MR) is 90.2 cm³/mol. The Morgan fingerprint density at radius 1 is 0.700 bits per heavy atom. The van der Waals surface area contributed by atoms with Crippen LogP contribution in [-0.2, 0) is 140 Å². The third-order valence-corrected chi connectivity index (χ3v) is 6.26. The van der Waals surface area contributed by atoms with E-state index in [1.54, 1.807) is 0 Å². The average Bonchev–Trinajstić information content (AvgIpc) is 2.44. The van der Waals surface area contributed by atoms with Crippen LogP contribution in [0.5, 0.6) is 0 Å². The van der Waals surface area contributed by atoms with Crippen LogP contribution < -0.4 is 0 Å². The van der Waals surface area contributed by atoms with Gasteiger partial charge in [-0.2, -0.15) is 0 Å². The van der Waals surface area contributed by atoms with Gasteiger partial charge in [0.05, 0.1) is 28.4 Å². The van der Waals surface area contributed by atoms with Gasteiger partial charge >= 0.3 is 46.3 Å². The smallest absolute Gasteiger partial charge is 0.813 e. The Kier molecular flexibility index (Phi) is 53.9. The van der Waals surface area contributed by atoms with Gasteiger partial charge in [0.1, 0.15) is 0 Å². The second-order valence-electron chi connectivity index (χ2n) is 1.62. The summed E-state index contributed by atoms with van der Waals surface area (Å²) in [5, 5.41) is 0. The molecule has 20 heavy (non-hydrogen) atoms. The minimum atomic E-state index is -2.24. The van der Waals surface area contributed by atoms with Gasteiger partial charge in [0.15, 0.2) is 0 Å². The van der Waals surface area contributed by atoms with Gasteiger partial charge in [0.25, 0.3) is 0 Å². The number of thiol groups is 2.